The number of alkyl halides is 2. The van der Waals surface area contributed by atoms with Gasteiger partial charge in [-0.2, -0.15) is 0 Å². The highest BCUT2D eigenvalue weighted by molar-refractivity contribution is 7.17. The second kappa shape index (κ2) is 8.14. The Morgan fingerprint density at radius 1 is 1.41 bits per heavy atom. The van der Waals surface area contributed by atoms with Crippen molar-refractivity contribution in [1.29, 1.82) is 0 Å². The first kappa shape index (κ1) is 21.3. The number of nitrogens with zero attached hydrogens (tertiary/aromatic N) is 3. The molecule has 1 aliphatic heterocycles. The Hall–Kier alpha value is -2.42. The van der Waals surface area contributed by atoms with Gasteiger partial charge in [-0.25, -0.2) is 18.7 Å². The molecule has 3 heterocycles. The van der Waals surface area contributed by atoms with E-state index in [0.717, 1.165) is 24.2 Å². The van der Waals surface area contributed by atoms with Crippen molar-refractivity contribution in [3.8, 4) is 10.4 Å². The van der Waals surface area contributed by atoms with Crippen molar-refractivity contribution in [3.05, 3.63) is 28.5 Å². The molecular formula is C20H24F2N4O2S. The molecule has 156 valence electrons. The highest BCUT2D eigenvalue weighted by Crippen LogP contribution is 2.38. The van der Waals surface area contributed by atoms with Gasteiger partial charge in [-0.05, 0) is 46.6 Å². The molecule has 0 unspecified atom stereocenters. The Balaban J connectivity index is 2.09. The molecule has 0 bridgehead atoms. The van der Waals surface area contributed by atoms with Gasteiger partial charge in [0.25, 0.3) is 12.3 Å². The molecule has 29 heavy (non-hydrogen) atoms. The molecule has 1 N–H and O–H groups in total. The first-order valence-corrected chi connectivity index (χ1v) is 10.3. The molecule has 0 saturated carbocycles. The summed E-state index contributed by atoms with van der Waals surface area (Å²) in [5.41, 5.74) is -0.446. The van der Waals surface area contributed by atoms with Crippen molar-refractivity contribution >= 4 is 29.3 Å². The summed E-state index contributed by atoms with van der Waals surface area (Å²) in [4.78, 5) is 34.7. The van der Waals surface area contributed by atoms with Gasteiger partial charge in [0.1, 0.15) is 11.5 Å². The topological polar surface area (TPSA) is 75.2 Å². The third-order valence-electron chi connectivity index (χ3n) is 4.68. The largest absolute Gasteiger partial charge is 0.365 e. The van der Waals surface area contributed by atoms with Crippen molar-refractivity contribution in [1.82, 2.24) is 14.9 Å². The van der Waals surface area contributed by atoms with Gasteiger partial charge in [-0.1, -0.05) is 0 Å². The Labute approximate surface area is 172 Å². The van der Waals surface area contributed by atoms with E-state index >= 15 is 0 Å². The van der Waals surface area contributed by atoms with E-state index in [2.05, 4.69) is 15.3 Å². The molecule has 0 spiro atoms. The van der Waals surface area contributed by atoms with Gasteiger partial charge < -0.3 is 10.2 Å². The highest BCUT2D eigenvalue weighted by atomic mass is 32.1. The molecule has 0 aromatic carbocycles. The lowest BCUT2D eigenvalue weighted by atomic mass is 10.1. The van der Waals surface area contributed by atoms with E-state index in [0.29, 0.717) is 18.6 Å². The highest BCUT2D eigenvalue weighted by Gasteiger charge is 2.32. The number of hydrogen-bond acceptors (Lipinski definition) is 6. The summed E-state index contributed by atoms with van der Waals surface area (Å²) in [6, 6.07) is 1.33. The summed E-state index contributed by atoms with van der Waals surface area (Å²) < 4.78 is 27.7. The van der Waals surface area contributed by atoms with Crippen LogP contribution in [0.25, 0.3) is 10.4 Å². The van der Waals surface area contributed by atoms with Crippen LogP contribution in [0.15, 0.2) is 12.3 Å². The summed E-state index contributed by atoms with van der Waals surface area (Å²) in [6.45, 7) is 8.23. The van der Waals surface area contributed by atoms with Crippen LogP contribution in [-0.2, 0) is 0 Å². The third-order valence-corrected chi connectivity index (χ3v) is 5.69. The zero-order valence-corrected chi connectivity index (χ0v) is 17.6. The standard InChI is InChI=1S/C20H24F2N4O2S/c1-11-6-5-7-26(11)19(28)16-17(29-15(10-27)24-16)13-9-23-14(25-20(2,3)4)8-12(13)18(21)22/h8-11,18H,5-7H2,1-4H3,(H,23,25)/t11-/m0/s1. The molecule has 9 heteroatoms. The molecule has 0 aliphatic carbocycles. The van der Waals surface area contributed by atoms with Gasteiger partial charge >= 0.3 is 0 Å². The van der Waals surface area contributed by atoms with Crippen molar-refractivity contribution in [2.24, 2.45) is 0 Å². The van der Waals surface area contributed by atoms with Crippen LogP contribution in [0.4, 0.5) is 14.6 Å². The lowest BCUT2D eigenvalue weighted by molar-refractivity contribution is 0.0743. The van der Waals surface area contributed by atoms with E-state index in [1.54, 1.807) is 4.90 Å². The van der Waals surface area contributed by atoms with Crippen molar-refractivity contribution in [3.63, 3.8) is 0 Å². The van der Waals surface area contributed by atoms with Crippen LogP contribution in [0.5, 0.6) is 0 Å². The zero-order valence-electron chi connectivity index (χ0n) is 16.8. The van der Waals surface area contributed by atoms with Gasteiger partial charge in [0.05, 0.1) is 4.88 Å². The second-order valence-corrected chi connectivity index (χ2v) is 9.20. The number of thiazole rings is 1. The summed E-state index contributed by atoms with van der Waals surface area (Å²) in [5, 5.41) is 3.15. The van der Waals surface area contributed by atoms with E-state index in [1.807, 2.05) is 27.7 Å². The Bertz CT molecular complexity index is 924. The lowest BCUT2D eigenvalue weighted by Gasteiger charge is -2.23. The lowest BCUT2D eigenvalue weighted by Crippen LogP contribution is -2.34. The van der Waals surface area contributed by atoms with Crippen molar-refractivity contribution < 1.29 is 18.4 Å². The maximum Gasteiger partial charge on any atom is 0.274 e. The molecule has 1 amide bonds. The molecule has 0 radical (unpaired) electrons. The average molecular weight is 423 g/mol. The van der Waals surface area contributed by atoms with Crippen LogP contribution in [0.3, 0.4) is 0 Å². The van der Waals surface area contributed by atoms with E-state index in [1.165, 1.54) is 12.3 Å². The van der Waals surface area contributed by atoms with Crippen LogP contribution < -0.4 is 5.32 Å². The molecular weight excluding hydrogens is 398 g/mol. The number of aldehydes is 1. The smallest absolute Gasteiger partial charge is 0.274 e. The second-order valence-electron chi connectivity index (χ2n) is 8.17. The Morgan fingerprint density at radius 2 is 2.14 bits per heavy atom. The number of rotatable bonds is 5. The van der Waals surface area contributed by atoms with Gasteiger partial charge in [-0.3, -0.25) is 9.59 Å². The first-order chi connectivity index (χ1) is 13.6. The molecule has 1 fully saturated rings. The van der Waals surface area contributed by atoms with Gasteiger partial charge in [0, 0.05) is 35.4 Å². The van der Waals surface area contributed by atoms with E-state index < -0.39 is 6.43 Å². The maximum atomic E-state index is 13.9. The number of likely N-dealkylation sites (tertiary alicyclic amines) is 1. The van der Waals surface area contributed by atoms with Gasteiger partial charge in [0.15, 0.2) is 11.3 Å². The van der Waals surface area contributed by atoms with Crippen LogP contribution in [0.1, 0.15) is 72.8 Å². The zero-order chi connectivity index (χ0) is 21.3. The molecule has 1 aliphatic rings. The maximum absolute atomic E-state index is 13.9. The summed E-state index contributed by atoms with van der Waals surface area (Å²) >= 11 is 0.931. The van der Waals surface area contributed by atoms with Gasteiger partial charge in [-0.15, -0.1) is 11.3 Å². The predicted octanol–water partition coefficient (Wildman–Crippen LogP) is 4.79. The number of aromatic nitrogens is 2. The first-order valence-electron chi connectivity index (χ1n) is 9.44. The Morgan fingerprint density at radius 3 is 2.69 bits per heavy atom. The van der Waals surface area contributed by atoms with E-state index in [9.17, 15) is 18.4 Å². The number of anilines is 1. The fourth-order valence-corrected chi connectivity index (χ4v) is 4.28. The molecule has 1 atom stereocenters. The fraction of sp³-hybridized carbons (Fsp3) is 0.500. The number of carbonyl (C=O) groups is 2. The number of carbonyl (C=O) groups excluding carboxylic acids is 2. The molecule has 2 aromatic rings. The number of halogens is 2. The summed E-state index contributed by atoms with van der Waals surface area (Å²) in [7, 11) is 0. The van der Waals surface area contributed by atoms with Gasteiger partial charge in [0.2, 0.25) is 0 Å². The minimum atomic E-state index is -2.77. The average Bonchev–Trinajstić information content (AvgIpc) is 3.26. The number of amides is 1. The Kier molecular flexibility index (Phi) is 5.97. The third kappa shape index (κ3) is 4.60. The van der Waals surface area contributed by atoms with Crippen molar-refractivity contribution in [2.45, 2.75) is 58.5 Å². The summed E-state index contributed by atoms with van der Waals surface area (Å²) in [6.07, 6.45) is 0.835. The number of pyridine rings is 1. The number of hydrogen-bond donors (Lipinski definition) is 1. The molecule has 1 saturated heterocycles. The van der Waals surface area contributed by atoms with Crippen LogP contribution in [0.2, 0.25) is 0 Å². The predicted molar refractivity (Wildman–Crippen MR) is 109 cm³/mol. The number of nitrogens with one attached hydrogen (secondary N) is 1. The quantitative estimate of drug-likeness (QED) is 0.701. The molecule has 6 nitrogen and oxygen atoms in total. The van der Waals surface area contributed by atoms with Crippen LogP contribution >= 0.6 is 11.3 Å². The minimum Gasteiger partial charge on any atom is -0.365 e. The SMILES string of the molecule is C[C@H]1CCCN1C(=O)c1nc(C=O)sc1-c1cnc(NC(C)(C)C)cc1C(F)F. The summed E-state index contributed by atoms with van der Waals surface area (Å²) in [5.74, 6) is -0.0239. The molecule has 2 aromatic heterocycles. The van der Waals surface area contributed by atoms with Crippen LogP contribution in [0, 0.1) is 0 Å². The minimum absolute atomic E-state index is 0.0334. The van der Waals surface area contributed by atoms with Crippen LogP contribution in [-0.4, -0.2) is 45.2 Å². The fourth-order valence-electron chi connectivity index (χ4n) is 3.38. The normalized spacial score (nSPS) is 17.1. The van der Waals surface area contributed by atoms with Crippen molar-refractivity contribution in [2.75, 3.05) is 11.9 Å². The van der Waals surface area contributed by atoms with E-state index in [-0.39, 0.29) is 44.2 Å². The van der Waals surface area contributed by atoms with E-state index in [4.69, 9.17) is 0 Å². The monoisotopic (exact) mass is 422 g/mol. The molecule has 3 rings (SSSR count).